The molecule has 1 amide bonds. The van der Waals surface area contributed by atoms with Gasteiger partial charge in [0.15, 0.2) is 0 Å². The number of amides is 1. The second-order valence-electron chi connectivity index (χ2n) is 6.40. The Labute approximate surface area is 136 Å². The van der Waals surface area contributed by atoms with E-state index < -0.39 is 0 Å². The van der Waals surface area contributed by atoms with Crippen LogP contribution in [-0.2, 0) is 4.74 Å². The van der Waals surface area contributed by atoms with Crippen molar-refractivity contribution in [2.45, 2.75) is 31.8 Å². The second-order valence-corrected chi connectivity index (χ2v) is 6.40. The van der Waals surface area contributed by atoms with E-state index in [0.29, 0.717) is 25.3 Å². The van der Waals surface area contributed by atoms with E-state index in [1.54, 1.807) is 6.07 Å². The molecule has 126 valence electrons. The maximum absolute atomic E-state index is 12.6. The lowest BCUT2D eigenvalue weighted by molar-refractivity contribution is 0.0216. The van der Waals surface area contributed by atoms with E-state index in [-0.39, 0.29) is 17.6 Å². The molecule has 2 saturated heterocycles. The molecule has 2 aliphatic heterocycles. The predicted molar refractivity (Wildman–Crippen MR) is 87.6 cm³/mol. The Kier molecular flexibility index (Phi) is 5.46. The number of carbonyl (C=O) groups excluding carboxylic acids is 1. The minimum Gasteiger partial charge on any atom is -0.375 e. The Morgan fingerprint density at radius 2 is 2.00 bits per heavy atom. The number of pyridine rings is 1. The van der Waals surface area contributed by atoms with Crippen LogP contribution in [-0.4, -0.2) is 66.1 Å². The van der Waals surface area contributed by atoms with Gasteiger partial charge in [-0.2, -0.15) is 0 Å². The number of aromatic nitrogens is 1. The lowest BCUT2D eigenvalue weighted by Crippen LogP contribution is -2.43. The lowest BCUT2D eigenvalue weighted by atomic mass is 10.1. The molecule has 23 heavy (non-hydrogen) atoms. The first-order valence-electron chi connectivity index (χ1n) is 8.54. The fraction of sp³-hybridized carbons (Fsp3) is 0.647. The topological polar surface area (TPSA) is 65.6 Å². The fourth-order valence-electron chi connectivity index (χ4n) is 3.35. The minimum absolute atomic E-state index is 0.0320. The number of carbonyl (C=O) groups is 1. The van der Waals surface area contributed by atoms with E-state index in [0.717, 1.165) is 26.1 Å². The molecule has 1 unspecified atom stereocenters. The van der Waals surface area contributed by atoms with E-state index in [2.05, 4.69) is 9.88 Å². The Morgan fingerprint density at radius 1 is 1.17 bits per heavy atom. The van der Waals surface area contributed by atoms with E-state index in [9.17, 15) is 9.59 Å². The number of likely N-dealkylation sites (tertiary alicyclic amines) is 1. The first kappa shape index (κ1) is 16.2. The van der Waals surface area contributed by atoms with Gasteiger partial charge >= 0.3 is 0 Å². The van der Waals surface area contributed by atoms with Crippen molar-refractivity contribution in [1.82, 2.24) is 14.8 Å². The molecular formula is C17H25N3O3. The van der Waals surface area contributed by atoms with Crippen LogP contribution in [0.15, 0.2) is 23.1 Å². The molecule has 0 radical (unpaired) electrons. The van der Waals surface area contributed by atoms with Gasteiger partial charge in [-0.3, -0.25) is 9.59 Å². The van der Waals surface area contributed by atoms with Crippen LogP contribution in [0.25, 0.3) is 0 Å². The second kappa shape index (κ2) is 7.75. The van der Waals surface area contributed by atoms with Crippen molar-refractivity contribution in [3.05, 3.63) is 34.2 Å². The number of nitrogens with zero attached hydrogens (tertiary/aromatic N) is 2. The van der Waals surface area contributed by atoms with Crippen molar-refractivity contribution >= 4 is 5.91 Å². The maximum atomic E-state index is 12.6. The summed E-state index contributed by atoms with van der Waals surface area (Å²) in [6.45, 7) is 5.19. The molecule has 0 spiro atoms. The molecule has 0 aliphatic carbocycles. The first-order chi connectivity index (χ1) is 11.2. The van der Waals surface area contributed by atoms with E-state index >= 15 is 0 Å². The summed E-state index contributed by atoms with van der Waals surface area (Å²) >= 11 is 0. The Hall–Kier alpha value is -1.66. The SMILES string of the molecule is O=C(c1ccc(=O)[nH]c1)N1CCCOC(CN2CCCCC2)C1. The third-order valence-electron chi connectivity index (χ3n) is 4.58. The molecule has 3 heterocycles. The Morgan fingerprint density at radius 3 is 2.74 bits per heavy atom. The molecule has 2 fully saturated rings. The van der Waals surface area contributed by atoms with Gasteiger partial charge in [0.05, 0.1) is 11.7 Å². The van der Waals surface area contributed by atoms with Gasteiger partial charge in [-0.1, -0.05) is 6.42 Å². The highest BCUT2D eigenvalue weighted by atomic mass is 16.5. The maximum Gasteiger partial charge on any atom is 0.255 e. The number of hydrogen-bond acceptors (Lipinski definition) is 4. The Bertz CT molecular complexity index is 560. The number of piperidine rings is 1. The van der Waals surface area contributed by atoms with Crippen LogP contribution < -0.4 is 5.56 Å². The molecule has 6 nitrogen and oxygen atoms in total. The molecular weight excluding hydrogens is 294 g/mol. The number of rotatable bonds is 3. The highest BCUT2D eigenvalue weighted by molar-refractivity contribution is 5.93. The zero-order valence-electron chi connectivity index (χ0n) is 13.5. The largest absolute Gasteiger partial charge is 0.375 e. The summed E-state index contributed by atoms with van der Waals surface area (Å²) in [5, 5.41) is 0. The smallest absolute Gasteiger partial charge is 0.255 e. The molecule has 3 rings (SSSR count). The third-order valence-corrected chi connectivity index (χ3v) is 4.58. The average Bonchev–Trinajstić information content (AvgIpc) is 2.81. The van der Waals surface area contributed by atoms with Crippen molar-refractivity contribution in [2.24, 2.45) is 0 Å². The van der Waals surface area contributed by atoms with Crippen LogP contribution in [0.2, 0.25) is 0 Å². The zero-order valence-corrected chi connectivity index (χ0v) is 13.5. The van der Waals surface area contributed by atoms with E-state index in [1.807, 2.05) is 4.90 Å². The van der Waals surface area contributed by atoms with Crippen LogP contribution in [0.1, 0.15) is 36.0 Å². The van der Waals surface area contributed by atoms with Crippen LogP contribution in [0.5, 0.6) is 0 Å². The minimum atomic E-state index is -0.191. The summed E-state index contributed by atoms with van der Waals surface area (Å²) in [6, 6.07) is 2.99. The summed E-state index contributed by atoms with van der Waals surface area (Å²) in [4.78, 5) is 30.7. The highest BCUT2D eigenvalue weighted by Gasteiger charge is 2.25. The quantitative estimate of drug-likeness (QED) is 0.906. The van der Waals surface area contributed by atoms with Crippen molar-refractivity contribution in [3.63, 3.8) is 0 Å². The third kappa shape index (κ3) is 4.42. The van der Waals surface area contributed by atoms with E-state index in [4.69, 9.17) is 4.74 Å². The molecule has 1 N–H and O–H groups in total. The van der Waals surface area contributed by atoms with E-state index in [1.165, 1.54) is 31.5 Å². The van der Waals surface area contributed by atoms with Gasteiger partial charge in [0.25, 0.3) is 5.91 Å². The van der Waals surface area contributed by atoms with Crippen molar-refractivity contribution in [2.75, 3.05) is 39.3 Å². The summed E-state index contributed by atoms with van der Waals surface area (Å²) in [7, 11) is 0. The van der Waals surface area contributed by atoms with Crippen molar-refractivity contribution in [3.8, 4) is 0 Å². The normalized spacial score (nSPS) is 23.5. The van der Waals surface area contributed by atoms with Gasteiger partial charge < -0.3 is 19.5 Å². The van der Waals surface area contributed by atoms with Gasteiger partial charge in [-0.15, -0.1) is 0 Å². The van der Waals surface area contributed by atoms with Crippen LogP contribution in [0.4, 0.5) is 0 Å². The highest BCUT2D eigenvalue weighted by Crippen LogP contribution is 2.14. The summed E-state index contributed by atoms with van der Waals surface area (Å²) in [5.41, 5.74) is 0.340. The number of ether oxygens (including phenoxy) is 1. The molecule has 0 aromatic carbocycles. The number of hydrogen-bond donors (Lipinski definition) is 1. The van der Waals surface area contributed by atoms with Crippen molar-refractivity contribution < 1.29 is 9.53 Å². The molecule has 0 bridgehead atoms. The standard InChI is InChI=1S/C17H25N3O3/c21-16-6-5-14(11-18-16)17(22)20-9-4-10-23-15(13-20)12-19-7-2-1-3-8-19/h5-6,11,15H,1-4,7-10,12-13H2,(H,18,21). The van der Waals surface area contributed by atoms with Gasteiger partial charge in [-0.25, -0.2) is 0 Å². The number of H-pyrrole nitrogens is 1. The summed E-state index contributed by atoms with van der Waals surface area (Å²) in [5.74, 6) is -0.0320. The van der Waals surface area contributed by atoms with Crippen molar-refractivity contribution in [1.29, 1.82) is 0 Å². The molecule has 1 aromatic heterocycles. The molecule has 1 aromatic rings. The van der Waals surface area contributed by atoms with Crippen LogP contribution in [0, 0.1) is 0 Å². The number of nitrogens with one attached hydrogen (secondary N) is 1. The van der Waals surface area contributed by atoms with Crippen LogP contribution in [0.3, 0.4) is 0 Å². The summed E-state index contributed by atoms with van der Waals surface area (Å²) < 4.78 is 5.95. The molecule has 6 heteroatoms. The monoisotopic (exact) mass is 319 g/mol. The molecule has 1 atom stereocenters. The Balaban J connectivity index is 1.62. The summed E-state index contributed by atoms with van der Waals surface area (Å²) in [6.07, 6.45) is 6.25. The predicted octanol–water partition coefficient (Wildman–Crippen LogP) is 1.09. The lowest BCUT2D eigenvalue weighted by Gasteiger charge is -2.31. The fourth-order valence-corrected chi connectivity index (χ4v) is 3.35. The van der Waals surface area contributed by atoms with Gasteiger partial charge in [-0.05, 0) is 38.4 Å². The number of aromatic amines is 1. The van der Waals surface area contributed by atoms with Gasteiger partial charge in [0.1, 0.15) is 0 Å². The zero-order chi connectivity index (χ0) is 16.1. The molecule has 0 saturated carbocycles. The average molecular weight is 319 g/mol. The van der Waals surface area contributed by atoms with Gasteiger partial charge in [0.2, 0.25) is 5.56 Å². The molecule has 2 aliphatic rings. The van der Waals surface area contributed by atoms with Gasteiger partial charge in [0, 0.05) is 38.5 Å². The van der Waals surface area contributed by atoms with Crippen LogP contribution >= 0.6 is 0 Å². The first-order valence-corrected chi connectivity index (χ1v) is 8.54.